The first kappa shape index (κ1) is 26.4. The van der Waals surface area contributed by atoms with Gasteiger partial charge in [-0.1, -0.05) is 24.3 Å². The number of aromatic nitrogens is 1. The minimum absolute atomic E-state index is 0.0585. The average molecular weight is 549 g/mol. The summed E-state index contributed by atoms with van der Waals surface area (Å²) in [6.45, 7) is 5.79. The number of carbonyl (C=O) groups is 2. The highest BCUT2D eigenvalue weighted by Crippen LogP contribution is 2.42. The molecule has 6 rings (SSSR count). The molecule has 0 unspecified atom stereocenters. The van der Waals surface area contributed by atoms with Crippen LogP contribution in [0.1, 0.15) is 32.9 Å². The van der Waals surface area contributed by atoms with E-state index in [2.05, 4.69) is 15.2 Å². The molecule has 1 fully saturated rings. The van der Waals surface area contributed by atoms with Gasteiger partial charge < -0.3 is 25.0 Å². The van der Waals surface area contributed by atoms with Crippen LogP contribution in [0.3, 0.4) is 0 Å². The predicted octanol–water partition coefficient (Wildman–Crippen LogP) is 3.45. The molecule has 3 aliphatic rings. The van der Waals surface area contributed by atoms with Gasteiger partial charge in [0.1, 0.15) is 0 Å². The van der Waals surface area contributed by atoms with E-state index >= 15 is 0 Å². The second-order valence-corrected chi connectivity index (χ2v) is 10.4. The predicted molar refractivity (Wildman–Crippen MR) is 147 cm³/mol. The highest BCUT2D eigenvalue weighted by Gasteiger charge is 2.33. The number of halogens is 2. The summed E-state index contributed by atoms with van der Waals surface area (Å²) in [7, 11) is 0. The largest absolute Gasteiger partial charge is 0.390 e. The van der Waals surface area contributed by atoms with Gasteiger partial charge in [-0.3, -0.25) is 14.5 Å². The van der Waals surface area contributed by atoms with Crippen molar-refractivity contribution in [1.82, 2.24) is 14.8 Å². The number of nitrogens with one attached hydrogen (secondary N) is 2. The molecule has 3 aromatic rings. The van der Waals surface area contributed by atoms with Crippen LogP contribution in [-0.4, -0.2) is 83.7 Å². The number of anilines is 1. The molecule has 3 N–H and O–H groups in total. The zero-order valence-corrected chi connectivity index (χ0v) is 22.1. The SMILES string of the molecule is Cc1c(/C=C2\C(=O)Nc3cccc(-c4cccc(F)c4F)c32)[nH]c2c1C(=O)N(C[C@@H](O)CN1CCOCC1)CC2. The van der Waals surface area contributed by atoms with Gasteiger partial charge in [0.2, 0.25) is 0 Å². The first-order valence-corrected chi connectivity index (χ1v) is 13.4. The second kappa shape index (κ2) is 10.6. The van der Waals surface area contributed by atoms with Gasteiger partial charge in [0.05, 0.1) is 30.5 Å². The van der Waals surface area contributed by atoms with Crippen molar-refractivity contribution in [3.63, 3.8) is 0 Å². The monoisotopic (exact) mass is 548 g/mol. The fourth-order valence-electron chi connectivity index (χ4n) is 5.84. The zero-order chi connectivity index (χ0) is 28.0. The van der Waals surface area contributed by atoms with Gasteiger partial charge in [0.15, 0.2) is 11.6 Å². The summed E-state index contributed by atoms with van der Waals surface area (Å²) < 4.78 is 34.2. The van der Waals surface area contributed by atoms with E-state index in [0.717, 1.165) is 24.8 Å². The summed E-state index contributed by atoms with van der Waals surface area (Å²) in [5.41, 5.74) is 4.33. The van der Waals surface area contributed by atoms with Gasteiger partial charge in [-0.25, -0.2) is 8.78 Å². The number of morpholine rings is 1. The van der Waals surface area contributed by atoms with E-state index < -0.39 is 17.7 Å². The number of hydrogen-bond acceptors (Lipinski definition) is 5. The quantitative estimate of drug-likeness (QED) is 0.410. The molecule has 10 heteroatoms. The van der Waals surface area contributed by atoms with Crippen LogP contribution in [0.5, 0.6) is 0 Å². The highest BCUT2D eigenvalue weighted by molar-refractivity contribution is 6.36. The Morgan fingerprint density at radius 1 is 1.02 bits per heavy atom. The van der Waals surface area contributed by atoms with Gasteiger partial charge in [-0.15, -0.1) is 0 Å². The molecule has 0 radical (unpaired) electrons. The lowest BCUT2D eigenvalue weighted by molar-refractivity contribution is -0.110. The number of hydrogen-bond donors (Lipinski definition) is 3. The number of amides is 2. The van der Waals surface area contributed by atoms with Crippen molar-refractivity contribution in [3.05, 3.63) is 76.1 Å². The van der Waals surface area contributed by atoms with Crippen molar-refractivity contribution in [2.75, 3.05) is 51.3 Å². The molecule has 1 atom stereocenters. The number of fused-ring (bicyclic) bond motifs is 2. The molecule has 208 valence electrons. The molecule has 2 amide bonds. The molecule has 3 aliphatic heterocycles. The van der Waals surface area contributed by atoms with Crippen LogP contribution < -0.4 is 5.32 Å². The van der Waals surface area contributed by atoms with E-state index in [4.69, 9.17) is 4.74 Å². The number of aliphatic hydroxyl groups is 1. The summed E-state index contributed by atoms with van der Waals surface area (Å²) >= 11 is 0. The number of ether oxygens (including phenoxy) is 1. The van der Waals surface area contributed by atoms with Crippen molar-refractivity contribution in [3.8, 4) is 11.1 Å². The Balaban J connectivity index is 1.29. The van der Waals surface area contributed by atoms with Gasteiger partial charge in [-0.2, -0.15) is 0 Å². The van der Waals surface area contributed by atoms with Crippen LogP contribution in [0.15, 0.2) is 36.4 Å². The lowest BCUT2D eigenvalue weighted by Gasteiger charge is -2.32. The number of rotatable bonds is 6. The van der Waals surface area contributed by atoms with Crippen LogP contribution in [-0.2, 0) is 16.0 Å². The first-order valence-electron chi connectivity index (χ1n) is 13.4. The third-order valence-corrected chi connectivity index (χ3v) is 7.86. The topological polar surface area (TPSA) is 97.9 Å². The van der Waals surface area contributed by atoms with Gasteiger partial charge in [0.25, 0.3) is 11.8 Å². The summed E-state index contributed by atoms with van der Waals surface area (Å²) in [4.78, 5) is 33.6. The molecule has 0 spiro atoms. The molecule has 2 aromatic carbocycles. The molecule has 8 nitrogen and oxygen atoms in total. The van der Waals surface area contributed by atoms with Crippen molar-refractivity contribution in [1.29, 1.82) is 0 Å². The van der Waals surface area contributed by atoms with Crippen LogP contribution in [0, 0.1) is 18.6 Å². The van der Waals surface area contributed by atoms with Crippen molar-refractivity contribution in [2.24, 2.45) is 0 Å². The molecular weight excluding hydrogens is 518 g/mol. The Labute approximate surface area is 230 Å². The fraction of sp³-hybridized carbons (Fsp3) is 0.333. The number of β-amino-alcohol motifs (C(OH)–C–C–N with tert-alkyl or cyclic N) is 1. The maximum atomic E-state index is 14.8. The van der Waals surface area contributed by atoms with Crippen LogP contribution in [0.2, 0.25) is 0 Å². The lowest BCUT2D eigenvalue weighted by Crippen LogP contribution is -2.47. The Bertz CT molecular complexity index is 1530. The summed E-state index contributed by atoms with van der Waals surface area (Å²) in [6.07, 6.45) is 1.57. The van der Waals surface area contributed by atoms with Crippen LogP contribution >= 0.6 is 0 Å². The van der Waals surface area contributed by atoms with Gasteiger partial charge in [0, 0.05) is 67.3 Å². The first-order chi connectivity index (χ1) is 19.3. The molecule has 0 bridgehead atoms. The number of H-pyrrole nitrogens is 1. The van der Waals surface area contributed by atoms with Crippen LogP contribution in [0.4, 0.5) is 14.5 Å². The number of nitrogens with zero attached hydrogens (tertiary/aromatic N) is 2. The summed E-state index contributed by atoms with van der Waals surface area (Å²) in [6, 6.07) is 9.01. The number of aromatic amines is 1. The Hall–Kier alpha value is -3.86. The molecule has 1 saturated heterocycles. The zero-order valence-electron chi connectivity index (χ0n) is 22.1. The highest BCUT2D eigenvalue weighted by atomic mass is 19.2. The smallest absolute Gasteiger partial charge is 0.256 e. The maximum Gasteiger partial charge on any atom is 0.256 e. The van der Waals surface area contributed by atoms with E-state index in [0.29, 0.717) is 71.9 Å². The third-order valence-electron chi connectivity index (χ3n) is 7.86. The summed E-state index contributed by atoms with van der Waals surface area (Å²) in [5.74, 6) is -2.49. The average Bonchev–Trinajstić information content (AvgIpc) is 3.44. The Morgan fingerprint density at radius 2 is 1.77 bits per heavy atom. The molecule has 0 saturated carbocycles. The molecule has 0 aliphatic carbocycles. The van der Waals surface area contributed by atoms with Crippen molar-refractivity contribution >= 4 is 29.2 Å². The number of benzene rings is 2. The number of aliphatic hydroxyl groups excluding tert-OH is 1. The lowest BCUT2D eigenvalue weighted by atomic mass is 9.93. The van der Waals surface area contributed by atoms with Gasteiger partial charge in [-0.05, 0) is 36.3 Å². The molecule has 1 aromatic heterocycles. The normalized spacial score (nSPS) is 19.1. The van der Waals surface area contributed by atoms with Crippen molar-refractivity contribution < 1.29 is 28.2 Å². The minimum Gasteiger partial charge on any atom is -0.390 e. The Kier molecular flexibility index (Phi) is 6.99. The molecule has 40 heavy (non-hydrogen) atoms. The summed E-state index contributed by atoms with van der Waals surface area (Å²) in [5, 5.41) is 13.5. The maximum absolute atomic E-state index is 14.8. The number of carbonyl (C=O) groups excluding carboxylic acids is 2. The van der Waals surface area contributed by atoms with Crippen LogP contribution in [0.25, 0.3) is 22.8 Å². The molecule has 4 heterocycles. The third kappa shape index (κ3) is 4.72. The van der Waals surface area contributed by atoms with E-state index in [-0.39, 0.29) is 23.9 Å². The van der Waals surface area contributed by atoms with Crippen molar-refractivity contribution in [2.45, 2.75) is 19.4 Å². The Morgan fingerprint density at radius 3 is 2.58 bits per heavy atom. The second-order valence-electron chi connectivity index (χ2n) is 10.4. The van der Waals surface area contributed by atoms with Gasteiger partial charge >= 0.3 is 0 Å². The minimum atomic E-state index is -0.984. The van der Waals surface area contributed by atoms with E-state index in [1.54, 1.807) is 29.2 Å². The van der Waals surface area contributed by atoms with E-state index in [1.807, 2.05) is 6.92 Å². The van der Waals surface area contributed by atoms with E-state index in [9.17, 15) is 23.5 Å². The fourth-order valence-corrected chi connectivity index (χ4v) is 5.84. The van der Waals surface area contributed by atoms with E-state index in [1.165, 1.54) is 12.1 Å². The molecular formula is C30H30F2N4O4. The standard InChI is InChI=1S/C30H30F2N4O4/c1-17-25(33-24-8-9-36(30(39)26(17)24)16-18(37)15-35-10-12-40-13-11-35)14-21-27-19(4-3-7-23(27)34-29(21)38)20-5-2-6-22(31)28(20)32/h2-7,14,18,33,37H,8-13,15-16H2,1H3,(H,34,38)/b21-14-/t18-/m0/s1.